The molecule has 3 aliphatic rings. The maximum absolute atomic E-state index is 12.9. The lowest BCUT2D eigenvalue weighted by Crippen LogP contribution is -2.33. The molecule has 0 saturated heterocycles. The predicted molar refractivity (Wildman–Crippen MR) is 102 cm³/mol. The van der Waals surface area contributed by atoms with Gasteiger partial charge in [-0.1, -0.05) is 18.6 Å². The van der Waals surface area contributed by atoms with Crippen LogP contribution in [-0.2, 0) is 0 Å². The van der Waals surface area contributed by atoms with E-state index in [-0.39, 0.29) is 11.9 Å². The molecule has 4 rings (SSSR count). The summed E-state index contributed by atoms with van der Waals surface area (Å²) in [5, 5.41) is 3.06. The number of amides is 1. The Morgan fingerprint density at radius 2 is 2.31 bits per heavy atom. The highest BCUT2D eigenvalue weighted by Gasteiger charge is 2.35. The van der Waals surface area contributed by atoms with Crippen LogP contribution in [0, 0.1) is 6.92 Å². The molecule has 26 heavy (non-hydrogen) atoms. The Kier molecular flexibility index (Phi) is 4.66. The number of hydrogen-bond donors (Lipinski definition) is 1. The molecule has 1 aromatic heterocycles. The van der Waals surface area contributed by atoms with Gasteiger partial charge in [-0.2, -0.15) is 0 Å². The third-order valence-corrected chi connectivity index (χ3v) is 5.40. The minimum absolute atomic E-state index is 0.0939. The maximum Gasteiger partial charge on any atom is 0.255 e. The minimum atomic E-state index is -0.0939. The summed E-state index contributed by atoms with van der Waals surface area (Å²) in [7, 11) is 0. The molecular weight excluding hydrogens is 328 g/mol. The van der Waals surface area contributed by atoms with Crippen LogP contribution < -0.4 is 5.32 Å². The van der Waals surface area contributed by atoms with E-state index in [1.54, 1.807) is 6.34 Å². The number of carbonyl (C=O) groups is 1. The lowest BCUT2D eigenvalue weighted by atomic mass is 9.97. The molecule has 138 valence electrons. The van der Waals surface area contributed by atoms with Crippen LogP contribution in [0.2, 0.25) is 0 Å². The van der Waals surface area contributed by atoms with Gasteiger partial charge in [0.05, 0.1) is 17.2 Å². The Labute approximate surface area is 154 Å². The van der Waals surface area contributed by atoms with Crippen LogP contribution in [-0.4, -0.2) is 42.1 Å². The first-order valence-corrected chi connectivity index (χ1v) is 9.66. The van der Waals surface area contributed by atoms with E-state index in [2.05, 4.69) is 23.3 Å². The van der Waals surface area contributed by atoms with Gasteiger partial charge in [-0.3, -0.25) is 9.79 Å². The molecule has 0 radical (unpaired) electrons. The van der Waals surface area contributed by atoms with E-state index in [4.69, 9.17) is 9.41 Å². The lowest BCUT2D eigenvalue weighted by molar-refractivity contribution is 0.0952. The molecule has 0 unspecified atom stereocenters. The predicted octanol–water partition coefficient (Wildman–Crippen LogP) is 3.72. The molecule has 1 aromatic rings. The van der Waals surface area contributed by atoms with Crippen LogP contribution >= 0.6 is 0 Å². The van der Waals surface area contributed by atoms with Crippen molar-refractivity contribution in [3.05, 3.63) is 28.5 Å². The van der Waals surface area contributed by atoms with Gasteiger partial charge < -0.3 is 14.6 Å². The van der Waals surface area contributed by atoms with E-state index in [1.165, 1.54) is 24.8 Å². The molecule has 6 heteroatoms. The zero-order chi connectivity index (χ0) is 18.1. The summed E-state index contributed by atoms with van der Waals surface area (Å²) < 4.78 is 5.75. The number of fused-ring (bicyclic) bond motifs is 3. The molecule has 6 nitrogen and oxygen atoms in total. The summed E-state index contributed by atoms with van der Waals surface area (Å²) in [5.74, 6) is 1.82. The van der Waals surface area contributed by atoms with Gasteiger partial charge in [-0.25, -0.2) is 4.99 Å². The minimum Gasteiger partial charge on any atom is -0.442 e. The van der Waals surface area contributed by atoms with Crippen molar-refractivity contribution in [1.29, 1.82) is 0 Å². The molecular formula is C20H26N4O2. The van der Waals surface area contributed by atoms with Gasteiger partial charge in [-0.05, 0) is 45.4 Å². The molecule has 0 spiro atoms. The molecule has 0 saturated carbocycles. The van der Waals surface area contributed by atoms with Gasteiger partial charge in [0.2, 0.25) is 5.88 Å². The third-order valence-electron chi connectivity index (χ3n) is 5.40. The quantitative estimate of drug-likeness (QED) is 0.819. The highest BCUT2D eigenvalue weighted by atomic mass is 16.4. The number of furan rings is 1. The van der Waals surface area contributed by atoms with Crippen LogP contribution in [0.25, 0.3) is 0 Å². The third kappa shape index (κ3) is 3.08. The Bertz CT molecular complexity index is 803. The normalized spacial score (nSPS) is 21.2. The van der Waals surface area contributed by atoms with E-state index in [0.29, 0.717) is 23.8 Å². The second kappa shape index (κ2) is 7.09. The van der Waals surface area contributed by atoms with Crippen molar-refractivity contribution >= 4 is 24.0 Å². The number of nitrogens with one attached hydrogen (secondary N) is 1. The molecule has 1 aliphatic carbocycles. The molecule has 1 amide bonds. The smallest absolute Gasteiger partial charge is 0.255 e. The summed E-state index contributed by atoms with van der Waals surface area (Å²) in [6.45, 7) is 5.41. The van der Waals surface area contributed by atoms with Crippen LogP contribution in [0.3, 0.4) is 0 Å². The standard InChI is InChI=1S/C20H26N4O2/c1-3-15-11-24-12-22-20-17(18(24)23-15)16(13(2)26-20)19(25)21-10-9-14-7-5-4-6-8-14/h7,12,15H,3-6,8-11H2,1-2H3,(H,21,25)/t15-/m0/s1. The number of nitrogens with zero attached hydrogens (tertiary/aromatic N) is 3. The second-order valence-electron chi connectivity index (χ2n) is 7.24. The van der Waals surface area contributed by atoms with Crippen molar-refractivity contribution in [2.24, 2.45) is 9.98 Å². The van der Waals surface area contributed by atoms with Gasteiger partial charge >= 0.3 is 0 Å². The van der Waals surface area contributed by atoms with Gasteiger partial charge in [0, 0.05) is 13.1 Å². The van der Waals surface area contributed by atoms with Crippen molar-refractivity contribution in [2.75, 3.05) is 13.1 Å². The number of rotatable bonds is 5. The van der Waals surface area contributed by atoms with Crippen molar-refractivity contribution in [3.8, 4) is 0 Å². The molecule has 3 heterocycles. The fraction of sp³-hybridized carbons (Fsp3) is 0.550. The SMILES string of the molecule is CC[C@H]1CN2C=Nc3oc(C)c(C(=O)NCCC4=CCCCC4)c3C2=N1. The number of amidine groups is 1. The number of aliphatic imine (C=N–C) groups is 2. The molecule has 2 aliphatic heterocycles. The molecule has 0 aromatic carbocycles. The Hall–Kier alpha value is -2.37. The van der Waals surface area contributed by atoms with Crippen molar-refractivity contribution in [1.82, 2.24) is 10.2 Å². The first-order valence-electron chi connectivity index (χ1n) is 9.66. The Morgan fingerprint density at radius 3 is 3.08 bits per heavy atom. The molecule has 0 bridgehead atoms. The summed E-state index contributed by atoms with van der Waals surface area (Å²) in [6, 6.07) is 0.242. The van der Waals surface area contributed by atoms with Crippen LogP contribution in [0.4, 0.5) is 5.88 Å². The fourth-order valence-corrected chi connectivity index (χ4v) is 3.91. The van der Waals surface area contributed by atoms with Crippen molar-refractivity contribution in [2.45, 2.75) is 58.4 Å². The lowest BCUT2D eigenvalue weighted by Gasteiger charge is -2.18. The van der Waals surface area contributed by atoms with E-state index in [9.17, 15) is 4.79 Å². The summed E-state index contributed by atoms with van der Waals surface area (Å²) in [4.78, 5) is 24.1. The van der Waals surface area contributed by atoms with E-state index >= 15 is 0 Å². The summed E-state index contributed by atoms with van der Waals surface area (Å²) in [6.07, 6.45) is 10.9. The van der Waals surface area contributed by atoms with E-state index in [0.717, 1.165) is 37.2 Å². The van der Waals surface area contributed by atoms with Crippen LogP contribution in [0.15, 0.2) is 26.1 Å². The molecule has 1 atom stereocenters. The van der Waals surface area contributed by atoms with Crippen LogP contribution in [0.1, 0.15) is 67.1 Å². The van der Waals surface area contributed by atoms with E-state index < -0.39 is 0 Å². The average Bonchev–Trinajstić information content (AvgIpc) is 3.22. The number of hydrogen-bond acceptors (Lipinski definition) is 5. The number of allylic oxidation sites excluding steroid dienone is 1. The zero-order valence-corrected chi connectivity index (χ0v) is 15.5. The molecule has 0 fully saturated rings. The zero-order valence-electron chi connectivity index (χ0n) is 15.5. The first-order chi connectivity index (χ1) is 12.7. The van der Waals surface area contributed by atoms with Crippen molar-refractivity contribution in [3.63, 3.8) is 0 Å². The van der Waals surface area contributed by atoms with Crippen molar-refractivity contribution < 1.29 is 9.21 Å². The van der Waals surface area contributed by atoms with Gasteiger partial charge in [0.25, 0.3) is 5.91 Å². The fourth-order valence-electron chi connectivity index (χ4n) is 3.91. The van der Waals surface area contributed by atoms with Gasteiger partial charge in [0.1, 0.15) is 17.9 Å². The van der Waals surface area contributed by atoms with Gasteiger partial charge in [0.15, 0.2) is 0 Å². The number of carbonyl (C=O) groups excluding carboxylic acids is 1. The largest absolute Gasteiger partial charge is 0.442 e. The van der Waals surface area contributed by atoms with Crippen LogP contribution in [0.5, 0.6) is 0 Å². The summed E-state index contributed by atoms with van der Waals surface area (Å²) in [5.41, 5.74) is 2.79. The second-order valence-corrected chi connectivity index (χ2v) is 7.24. The molecule has 1 N–H and O–H groups in total. The monoisotopic (exact) mass is 354 g/mol. The average molecular weight is 354 g/mol. The topological polar surface area (TPSA) is 70.2 Å². The van der Waals surface area contributed by atoms with Gasteiger partial charge in [-0.15, -0.1) is 0 Å². The summed E-state index contributed by atoms with van der Waals surface area (Å²) >= 11 is 0. The highest BCUT2D eigenvalue weighted by Crippen LogP contribution is 2.35. The number of aryl methyl sites for hydroxylation is 1. The first kappa shape index (κ1) is 17.1. The van der Waals surface area contributed by atoms with E-state index in [1.807, 2.05) is 11.8 Å². The highest BCUT2D eigenvalue weighted by molar-refractivity contribution is 6.17. The Balaban J connectivity index is 1.52. The Morgan fingerprint density at radius 1 is 1.42 bits per heavy atom. The maximum atomic E-state index is 12.9.